The molecule has 1 atom stereocenters. The summed E-state index contributed by atoms with van der Waals surface area (Å²) in [6, 6.07) is 1.87. The van der Waals surface area contributed by atoms with Gasteiger partial charge in [-0.25, -0.2) is 9.97 Å². The second-order valence-electron chi connectivity index (χ2n) is 5.50. The van der Waals surface area contributed by atoms with Crippen LogP contribution in [0.4, 0.5) is 10.9 Å². The summed E-state index contributed by atoms with van der Waals surface area (Å²) in [4.78, 5) is 22.8. The van der Waals surface area contributed by atoms with Crippen molar-refractivity contribution in [1.29, 1.82) is 0 Å². The molecule has 2 aromatic rings. The Hall–Kier alpha value is -2.13. The van der Waals surface area contributed by atoms with E-state index in [1.54, 1.807) is 10.4 Å². The summed E-state index contributed by atoms with van der Waals surface area (Å²) in [6.45, 7) is 3.36. The van der Waals surface area contributed by atoms with Crippen molar-refractivity contribution in [2.24, 2.45) is 5.73 Å². The van der Waals surface area contributed by atoms with Crippen molar-refractivity contribution in [2.75, 3.05) is 25.0 Å². The quantitative estimate of drug-likeness (QED) is 0.860. The van der Waals surface area contributed by atoms with E-state index in [9.17, 15) is 4.79 Å². The molecule has 1 fully saturated rings. The number of anilines is 2. The highest BCUT2D eigenvalue weighted by Gasteiger charge is 2.26. The second kappa shape index (κ2) is 6.97. The van der Waals surface area contributed by atoms with Crippen LogP contribution in [-0.2, 0) is 4.79 Å². The van der Waals surface area contributed by atoms with E-state index in [1.807, 2.05) is 13.0 Å². The van der Waals surface area contributed by atoms with E-state index in [1.165, 1.54) is 11.3 Å². The molecule has 3 heterocycles. The molecule has 3 rings (SSSR count). The molecular formula is C14H19N7OS. The van der Waals surface area contributed by atoms with Gasteiger partial charge in [0.15, 0.2) is 0 Å². The third-order valence-electron chi connectivity index (χ3n) is 3.78. The Bertz CT molecular complexity index is 676. The van der Waals surface area contributed by atoms with Crippen LogP contribution in [0.15, 0.2) is 11.6 Å². The predicted molar refractivity (Wildman–Crippen MR) is 87.6 cm³/mol. The van der Waals surface area contributed by atoms with Crippen LogP contribution in [0.25, 0.3) is 0 Å². The van der Waals surface area contributed by atoms with Crippen LogP contribution in [0.1, 0.15) is 30.3 Å². The van der Waals surface area contributed by atoms with E-state index in [0.717, 1.165) is 30.9 Å². The normalized spacial score (nSPS) is 18.0. The molecule has 8 nitrogen and oxygen atoms in total. The third-order valence-corrected chi connectivity index (χ3v) is 4.39. The smallest absolute Gasteiger partial charge is 0.236 e. The number of hydrogen-bond acceptors (Lipinski definition) is 8. The standard InChI is InChI=1S/C14H19N7OS/c1-9-5-11(19-14-20-16-8-23-14)18-13(17-9)10-3-2-4-21(7-10)12(22)6-15/h5,8,10H,2-4,6-7,15H2,1H3,(H,17,18,19,20). The molecular weight excluding hydrogens is 314 g/mol. The van der Waals surface area contributed by atoms with Crippen LogP contribution in [0, 0.1) is 6.92 Å². The molecule has 9 heteroatoms. The Labute approximate surface area is 138 Å². The maximum absolute atomic E-state index is 11.8. The molecule has 1 unspecified atom stereocenters. The zero-order valence-electron chi connectivity index (χ0n) is 12.9. The van der Waals surface area contributed by atoms with Gasteiger partial charge in [0.25, 0.3) is 0 Å². The number of aromatic nitrogens is 4. The number of hydrogen-bond donors (Lipinski definition) is 2. The monoisotopic (exact) mass is 333 g/mol. The Balaban J connectivity index is 1.79. The fourth-order valence-corrected chi connectivity index (χ4v) is 3.17. The first kappa shape index (κ1) is 15.8. The molecule has 2 aromatic heterocycles. The number of likely N-dealkylation sites (tertiary alicyclic amines) is 1. The molecule has 0 saturated carbocycles. The van der Waals surface area contributed by atoms with E-state index >= 15 is 0 Å². The van der Waals surface area contributed by atoms with Crippen LogP contribution in [-0.4, -0.2) is 50.6 Å². The Morgan fingerprint density at radius 3 is 3.13 bits per heavy atom. The number of aryl methyl sites for hydroxylation is 1. The number of piperidine rings is 1. The summed E-state index contributed by atoms with van der Waals surface area (Å²) in [6.07, 6.45) is 1.91. The molecule has 122 valence electrons. The Kier molecular flexibility index (Phi) is 4.77. The van der Waals surface area contributed by atoms with Gasteiger partial charge in [-0.3, -0.25) is 4.79 Å². The van der Waals surface area contributed by atoms with Crippen molar-refractivity contribution < 1.29 is 4.79 Å². The van der Waals surface area contributed by atoms with Crippen LogP contribution in [0.2, 0.25) is 0 Å². The fraction of sp³-hybridized carbons (Fsp3) is 0.500. The first-order chi connectivity index (χ1) is 11.2. The van der Waals surface area contributed by atoms with E-state index < -0.39 is 0 Å². The van der Waals surface area contributed by atoms with Crippen LogP contribution in [0.5, 0.6) is 0 Å². The zero-order chi connectivity index (χ0) is 16.2. The fourth-order valence-electron chi connectivity index (χ4n) is 2.72. The third kappa shape index (κ3) is 3.80. The number of nitrogens with two attached hydrogens (primary N) is 1. The molecule has 0 radical (unpaired) electrons. The number of nitrogens with one attached hydrogen (secondary N) is 1. The van der Waals surface area contributed by atoms with Gasteiger partial charge < -0.3 is 16.0 Å². The topological polar surface area (TPSA) is 110 Å². The molecule has 1 amide bonds. The lowest BCUT2D eigenvalue weighted by Crippen LogP contribution is -2.42. The lowest BCUT2D eigenvalue weighted by Gasteiger charge is -2.32. The van der Waals surface area contributed by atoms with Crippen LogP contribution in [0.3, 0.4) is 0 Å². The minimum Gasteiger partial charge on any atom is -0.341 e. The van der Waals surface area contributed by atoms with E-state index in [4.69, 9.17) is 5.73 Å². The average molecular weight is 333 g/mol. The van der Waals surface area contributed by atoms with Crippen molar-refractivity contribution in [1.82, 2.24) is 25.1 Å². The highest BCUT2D eigenvalue weighted by molar-refractivity contribution is 7.13. The lowest BCUT2D eigenvalue weighted by molar-refractivity contribution is -0.130. The van der Waals surface area contributed by atoms with Crippen molar-refractivity contribution in [3.05, 3.63) is 23.1 Å². The minimum absolute atomic E-state index is 0.0189. The van der Waals surface area contributed by atoms with Gasteiger partial charge in [-0.15, -0.1) is 10.2 Å². The maximum Gasteiger partial charge on any atom is 0.236 e. The van der Waals surface area contributed by atoms with E-state index in [-0.39, 0.29) is 18.4 Å². The summed E-state index contributed by atoms with van der Waals surface area (Å²) >= 11 is 1.41. The van der Waals surface area contributed by atoms with Gasteiger partial charge in [-0.05, 0) is 19.8 Å². The second-order valence-corrected chi connectivity index (χ2v) is 6.34. The minimum atomic E-state index is -0.0189. The molecule has 1 aliphatic heterocycles. The molecule has 1 saturated heterocycles. The van der Waals surface area contributed by atoms with Gasteiger partial charge in [0.1, 0.15) is 17.2 Å². The summed E-state index contributed by atoms with van der Waals surface area (Å²) in [5, 5.41) is 11.6. The van der Waals surface area contributed by atoms with Gasteiger partial charge in [0, 0.05) is 30.8 Å². The molecule has 1 aliphatic rings. The van der Waals surface area contributed by atoms with Crippen molar-refractivity contribution >= 4 is 28.2 Å². The van der Waals surface area contributed by atoms with Gasteiger partial charge in [-0.1, -0.05) is 11.3 Å². The van der Waals surface area contributed by atoms with Crippen molar-refractivity contribution in [3.8, 4) is 0 Å². The van der Waals surface area contributed by atoms with E-state index in [2.05, 4.69) is 25.5 Å². The Morgan fingerprint density at radius 2 is 2.39 bits per heavy atom. The summed E-state index contributed by atoms with van der Waals surface area (Å²) in [7, 11) is 0. The summed E-state index contributed by atoms with van der Waals surface area (Å²) in [5.41, 5.74) is 8.01. The number of nitrogens with zero attached hydrogens (tertiary/aromatic N) is 5. The van der Waals surface area contributed by atoms with Crippen molar-refractivity contribution in [2.45, 2.75) is 25.7 Å². The van der Waals surface area contributed by atoms with Crippen LogP contribution >= 0.6 is 11.3 Å². The van der Waals surface area contributed by atoms with Gasteiger partial charge in [0.2, 0.25) is 11.0 Å². The Morgan fingerprint density at radius 1 is 1.52 bits per heavy atom. The first-order valence-corrected chi connectivity index (χ1v) is 8.40. The van der Waals surface area contributed by atoms with Gasteiger partial charge >= 0.3 is 0 Å². The predicted octanol–water partition coefficient (Wildman–Crippen LogP) is 1.04. The van der Waals surface area contributed by atoms with Crippen molar-refractivity contribution in [3.63, 3.8) is 0 Å². The molecule has 0 aromatic carbocycles. The molecule has 0 aliphatic carbocycles. The molecule has 0 bridgehead atoms. The van der Waals surface area contributed by atoms with Gasteiger partial charge in [0.05, 0.1) is 6.54 Å². The number of carbonyl (C=O) groups is 1. The average Bonchev–Trinajstić information content (AvgIpc) is 3.06. The largest absolute Gasteiger partial charge is 0.341 e. The SMILES string of the molecule is Cc1cc(Nc2nncs2)nc(C2CCCN(C(=O)CN)C2)n1. The van der Waals surface area contributed by atoms with Crippen LogP contribution < -0.4 is 11.1 Å². The van der Waals surface area contributed by atoms with Gasteiger partial charge in [-0.2, -0.15) is 0 Å². The lowest BCUT2D eigenvalue weighted by atomic mass is 9.97. The highest BCUT2D eigenvalue weighted by atomic mass is 32.1. The molecule has 23 heavy (non-hydrogen) atoms. The highest BCUT2D eigenvalue weighted by Crippen LogP contribution is 2.26. The first-order valence-electron chi connectivity index (χ1n) is 7.52. The summed E-state index contributed by atoms with van der Waals surface area (Å²) < 4.78 is 0. The zero-order valence-corrected chi connectivity index (χ0v) is 13.7. The maximum atomic E-state index is 11.8. The van der Waals surface area contributed by atoms with E-state index in [0.29, 0.717) is 17.5 Å². The number of carbonyl (C=O) groups excluding carboxylic acids is 1. The molecule has 0 spiro atoms. The number of amides is 1. The number of rotatable bonds is 4. The summed E-state index contributed by atoms with van der Waals surface area (Å²) in [5.74, 6) is 1.57. The molecule has 3 N–H and O–H groups in total.